The summed E-state index contributed by atoms with van der Waals surface area (Å²) in [4.78, 5) is 1.37. The number of hydrogen-bond acceptors (Lipinski definition) is 2. The maximum absolute atomic E-state index is 3.44. The van der Waals surface area contributed by atoms with Crippen LogP contribution in [0.5, 0.6) is 0 Å². The van der Waals surface area contributed by atoms with Crippen LogP contribution in [-0.2, 0) is 0 Å². The molecule has 0 fully saturated rings. The molecule has 0 saturated heterocycles. The molecule has 1 rings (SSSR count). The molecular weight excluding hydrogens is 238 g/mol. The summed E-state index contributed by atoms with van der Waals surface area (Å²) in [5, 5.41) is 3.44. The first kappa shape index (κ1) is 15.6. The lowest BCUT2D eigenvalue weighted by molar-refractivity contribution is 0.343. The third-order valence-electron chi connectivity index (χ3n) is 3.12. The van der Waals surface area contributed by atoms with Crippen molar-refractivity contribution < 1.29 is 0 Å². The molecule has 1 aromatic carbocycles. The first-order valence-corrected chi connectivity index (χ1v) is 7.76. The fourth-order valence-corrected chi connectivity index (χ4v) is 2.81. The first-order valence-electron chi connectivity index (χ1n) is 6.77. The molecule has 0 aliphatic carbocycles. The topological polar surface area (TPSA) is 12.0 Å². The van der Waals surface area contributed by atoms with Gasteiger partial charge in [0.15, 0.2) is 0 Å². The molecule has 0 aromatic heterocycles. The fourth-order valence-electron chi connectivity index (χ4n) is 1.75. The summed E-state index contributed by atoms with van der Waals surface area (Å²) in [6, 6.07) is 9.42. The highest BCUT2D eigenvalue weighted by Gasteiger charge is 2.14. The van der Waals surface area contributed by atoms with Crippen molar-refractivity contribution >= 4 is 11.8 Å². The highest BCUT2D eigenvalue weighted by molar-refractivity contribution is 7.99. The van der Waals surface area contributed by atoms with Crippen LogP contribution in [0.15, 0.2) is 29.2 Å². The monoisotopic (exact) mass is 265 g/mol. The predicted molar refractivity (Wildman–Crippen MR) is 83.4 cm³/mol. The van der Waals surface area contributed by atoms with Gasteiger partial charge in [-0.1, -0.05) is 38.5 Å². The first-order chi connectivity index (χ1) is 8.40. The van der Waals surface area contributed by atoms with Crippen LogP contribution < -0.4 is 5.32 Å². The van der Waals surface area contributed by atoms with Crippen LogP contribution in [0.4, 0.5) is 0 Å². The van der Waals surface area contributed by atoms with Crippen molar-refractivity contribution in [1.29, 1.82) is 0 Å². The molecular formula is C16H27NS. The molecule has 2 heteroatoms. The second-order valence-electron chi connectivity index (χ2n) is 6.21. The zero-order valence-corrected chi connectivity index (χ0v) is 13.2. The van der Waals surface area contributed by atoms with Crippen LogP contribution >= 0.6 is 11.8 Å². The third-order valence-corrected chi connectivity index (χ3v) is 4.30. The second kappa shape index (κ2) is 7.20. The minimum absolute atomic E-state index is 0.434. The van der Waals surface area contributed by atoms with E-state index in [9.17, 15) is 0 Å². The van der Waals surface area contributed by atoms with Crippen molar-refractivity contribution in [1.82, 2.24) is 5.32 Å². The average Bonchev–Trinajstić information content (AvgIpc) is 2.30. The summed E-state index contributed by atoms with van der Waals surface area (Å²) in [7, 11) is 2.07. The number of aryl methyl sites for hydroxylation is 1. The van der Waals surface area contributed by atoms with Gasteiger partial charge in [0.05, 0.1) is 0 Å². The minimum Gasteiger partial charge on any atom is -0.316 e. The van der Waals surface area contributed by atoms with E-state index in [4.69, 9.17) is 0 Å². The van der Waals surface area contributed by atoms with Crippen LogP contribution in [-0.4, -0.2) is 18.8 Å². The third kappa shape index (κ3) is 6.46. The van der Waals surface area contributed by atoms with E-state index in [-0.39, 0.29) is 0 Å². The van der Waals surface area contributed by atoms with E-state index in [1.807, 2.05) is 11.8 Å². The Hall–Kier alpha value is -0.470. The maximum atomic E-state index is 3.44. The van der Waals surface area contributed by atoms with E-state index in [1.54, 1.807) is 0 Å². The molecule has 102 valence electrons. The molecule has 0 heterocycles. The van der Waals surface area contributed by atoms with E-state index >= 15 is 0 Å². The van der Waals surface area contributed by atoms with Crippen molar-refractivity contribution in [3.8, 4) is 0 Å². The smallest absolute Gasteiger partial charge is 0.0158 e. The van der Waals surface area contributed by atoms with Crippen molar-refractivity contribution in [2.45, 2.75) is 51.5 Å². The number of thioether (sulfide) groups is 1. The lowest BCUT2D eigenvalue weighted by Gasteiger charge is -2.22. The van der Waals surface area contributed by atoms with Gasteiger partial charge in [0.1, 0.15) is 0 Å². The van der Waals surface area contributed by atoms with Crippen molar-refractivity contribution in [2.24, 2.45) is 5.41 Å². The standard InChI is InChI=1S/C16H27NS/c1-13-6-8-15(9-7-13)18-12-14(17-5)10-11-16(2,3)4/h6-9,14,17H,10-12H2,1-5H3. The molecule has 0 bridgehead atoms. The molecule has 0 saturated carbocycles. The zero-order valence-electron chi connectivity index (χ0n) is 12.4. The van der Waals surface area contributed by atoms with Gasteiger partial charge in [0.2, 0.25) is 0 Å². The van der Waals surface area contributed by atoms with E-state index < -0.39 is 0 Å². The molecule has 0 aliphatic rings. The molecule has 1 nitrogen and oxygen atoms in total. The van der Waals surface area contributed by atoms with Crippen molar-refractivity contribution in [3.63, 3.8) is 0 Å². The molecule has 1 unspecified atom stereocenters. The molecule has 1 atom stereocenters. The van der Waals surface area contributed by atoms with Crippen molar-refractivity contribution in [3.05, 3.63) is 29.8 Å². The summed E-state index contributed by atoms with van der Waals surface area (Å²) in [5.41, 5.74) is 1.76. The summed E-state index contributed by atoms with van der Waals surface area (Å²) < 4.78 is 0. The van der Waals surface area contributed by atoms with Crippen LogP contribution in [0.2, 0.25) is 0 Å². The highest BCUT2D eigenvalue weighted by Crippen LogP contribution is 2.24. The molecule has 0 aliphatic heterocycles. The Kier molecular flexibility index (Phi) is 6.24. The predicted octanol–water partition coefficient (Wildman–Crippen LogP) is 4.50. The van der Waals surface area contributed by atoms with Crippen LogP contribution in [0, 0.1) is 12.3 Å². The maximum Gasteiger partial charge on any atom is 0.0158 e. The van der Waals surface area contributed by atoms with E-state index in [0.29, 0.717) is 11.5 Å². The van der Waals surface area contributed by atoms with Gasteiger partial charge in [-0.2, -0.15) is 0 Å². The van der Waals surface area contributed by atoms with Gasteiger partial charge in [-0.25, -0.2) is 0 Å². The van der Waals surface area contributed by atoms with Gasteiger partial charge in [-0.3, -0.25) is 0 Å². The number of nitrogens with one attached hydrogen (secondary N) is 1. The van der Waals surface area contributed by atoms with Crippen LogP contribution in [0.25, 0.3) is 0 Å². The number of benzene rings is 1. The Morgan fingerprint density at radius 1 is 1.17 bits per heavy atom. The average molecular weight is 265 g/mol. The lowest BCUT2D eigenvalue weighted by atomic mass is 9.89. The van der Waals surface area contributed by atoms with Gasteiger partial charge in [-0.05, 0) is 44.4 Å². The number of hydrogen-bond donors (Lipinski definition) is 1. The van der Waals surface area contributed by atoms with Gasteiger partial charge in [0.25, 0.3) is 0 Å². The number of rotatable bonds is 6. The van der Waals surface area contributed by atoms with Crippen LogP contribution in [0.1, 0.15) is 39.2 Å². The molecule has 0 amide bonds. The Morgan fingerprint density at radius 3 is 2.28 bits per heavy atom. The molecule has 18 heavy (non-hydrogen) atoms. The minimum atomic E-state index is 0.434. The molecule has 1 aromatic rings. The van der Waals surface area contributed by atoms with E-state index in [2.05, 4.69) is 64.3 Å². The SMILES string of the molecule is CNC(CCC(C)(C)C)CSc1ccc(C)cc1. The summed E-state index contributed by atoms with van der Waals surface area (Å²) in [6.07, 6.45) is 2.52. The normalized spacial score (nSPS) is 13.6. The Balaban J connectivity index is 2.37. The summed E-state index contributed by atoms with van der Waals surface area (Å²) >= 11 is 1.95. The second-order valence-corrected chi connectivity index (χ2v) is 7.30. The Bertz CT molecular complexity index is 337. The van der Waals surface area contributed by atoms with Crippen LogP contribution in [0.3, 0.4) is 0 Å². The molecule has 0 radical (unpaired) electrons. The highest BCUT2D eigenvalue weighted by atomic mass is 32.2. The summed E-state index contributed by atoms with van der Waals surface area (Å²) in [6.45, 7) is 9.07. The zero-order chi connectivity index (χ0) is 13.6. The largest absolute Gasteiger partial charge is 0.316 e. The molecule has 1 N–H and O–H groups in total. The Morgan fingerprint density at radius 2 is 1.78 bits per heavy atom. The van der Waals surface area contributed by atoms with Gasteiger partial charge in [-0.15, -0.1) is 11.8 Å². The quantitative estimate of drug-likeness (QED) is 0.760. The fraction of sp³-hybridized carbons (Fsp3) is 0.625. The van der Waals surface area contributed by atoms with Crippen molar-refractivity contribution in [2.75, 3.05) is 12.8 Å². The van der Waals surface area contributed by atoms with E-state index in [1.165, 1.54) is 23.3 Å². The lowest BCUT2D eigenvalue weighted by Crippen LogP contribution is -2.29. The van der Waals surface area contributed by atoms with Gasteiger partial charge in [0, 0.05) is 16.7 Å². The van der Waals surface area contributed by atoms with Gasteiger partial charge < -0.3 is 5.32 Å². The van der Waals surface area contributed by atoms with Gasteiger partial charge >= 0.3 is 0 Å². The Labute approximate surface area is 117 Å². The van der Waals surface area contributed by atoms with E-state index in [0.717, 1.165) is 5.75 Å². The molecule has 0 spiro atoms. The summed E-state index contributed by atoms with van der Waals surface area (Å²) in [5.74, 6) is 1.15.